The van der Waals surface area contributed by atoms with Crippen molar-refractivity contribution in [1.82, 2.24) is 0 Å². The Labute approximate surface area is 160 Å². The summed E-state index contributed by atoms with van der Waals surface area (Å²) in [6, 6.07) is 16.3. The first-order chi connectivity index (χ1) is 13.2. The number of methoxy groups -OCH3 is 1. The molecule has 0 unspecified atom stereocenters. The van der Waals surface area contributed by atoms with Crippen LogP contribution in [-0.4, -0.2) is 52.2 Å². The highest BCUT2D eigenvalue weighted by molar-refractivity contribution is 5.91. The van der Waals surface area contributed by atoms with Gasteiger partial charge >= 0.3 is 5.97 Å². The van der Waals surface area contributed by atoms with E-state index in [4.69, 9.17) is 18.9 Å². The molecule has 1 N–H and O–H groups in total. The van der Waals surface area contributed by atoms with Crippen molar-refractivity contribution in [3.8, 4) is 5.75 Å². The van der Waals surface area contributed by atoms with Gasteiger partial charge in [0.05, 0.1) is 38.6 Å². The zero-order valence-electron chi connectivity index (χ0n) is 15.9. The Balaban J connectivity index is 1.69. The number of benzene rings is 2. The fourth-order valence-electron chi connectivity index (χ4n) is 2.31. The molecule has 0 aromatic heterocycles. The third-order valence-electron chi connectivity index (χ3n) is 3.66. The van der Waals surface area contributed by atoms with Crippen LogP contribution < -0.4 is 10.1 Å². The predicted octanol–water partition coefficient (Wildman–Crippen LogP) is 3.39. The average Bonchev–Trinajstić information content (AvgIpc) is 2.68. The molecule has 0 saturated heterocycles. The summed E-state index contributed by atoms with van der Waals surface area (Å²) < 4.78 is 21.1. The molecule has 146 valence electrons. The minimum Gasteiger partial charge on any atom is -0.423 e. The minimum absolute atomic E-state index is 0.131. The predicted molar refractivity (Wildman–Crippen MR) is 104 cm³/mol. The number of para-hydroxylation sites is 1. The first kappa shape index (κ1) is 20.9. The van der Waals surface area contributed by atoms with Gasteiger partial charge in [-0.1, -0.05) is 18.2 Å². The number of hydrogen-bond acceptors (Lipinski definition) is 6. The Morgan fingerprint density at radius 3 is 2.30 bits per heavy atom. The highest BCUT2D eigenvalue weighted by Crippen LogP contribution is 2.15. The second kappa shape index (κ2) is 12.1. The molecule has 2 aromatic carbocycles. The fourth-order valence-corrected chi connectivity index (χ4v) is 2.31. The molecule has 0 radical (unpaired) electrons. The first-order valence-corrected chi connectivity index (χ1v) is 8.97. The Hall–Kier alpha value is -2.41. The molecule has 6 heteroatoms. The van der Waals surface area contributed by atoms with Gasteiger partial charge in [0.15, 0.2) is 0 Å². The third kappa shape index (κ3) is 8.21. The van der Waals surface area contributed by atoms with Crippen molar-refractivity contribution in [3.63, 3.8) is 0 Å². The van der Waals surface area contributed by atoms with Crippen LogP contribution in [0.3, 0.4) is 0 Å². The molecular formula is C21H27NO5. The van der Waals surface area contributed by atoms with Crippen molar-refractivity contribution in [3.05, 3.63) is 60.2 Å². The van der Waals surface area contributed by atoms with Gasteiger partial charge < -0.3 is 24.3 Å². The van der Waals surface area contributed by atoms with Crippen molar-refractivity contribution in [2.75, 3.05) is 45.5 Å². The van der Waals surface area contributed by atoms with Gasteiger partial charge in [-0.15, -0.1) is 0 Å². The highest BCUT2D eigenvalue weighted by Gasteiger charge is 2.09. The van der Waals surface area contributed by atoms with Crippen LogP contribution in [0.5, 0.6) is 5.75 Å². The minimum atomic E-state index is -0.377. The lowest BCUT2D eigenvalue weighted by molar-refractivity contribution is 0.0235. The van der Waals surface area contributed by atoms with Crippen LogP contribution >= 0.6 is 0 Å². The standard InChI is InChI=1S/C21H27NO5/c1-17(16-26-15-14-25-13-12-24-2)22-19-10-8-18(9-11-19)21(23)27-20-6-4-3-5-7-20/h3-11,17,22H,12-16H2,1-2H3/t17-/m0/s1. The number of esters is 1. The van der Waals surface area contributed by atoms with Gasteiger partial charge in [0.1, 0.15) is 5.75 Å². The maximum absolute atomic E-state index is 12.1. The SMILES string of the molecule is COCCOCCOC[C@H](C)Nc1ccc(C(=O)Oc2ccccc2)cc1. The van der Waals surface area contributed by atoms with Crippen molar-refractivity contribution in [1.29, 1.82) is 0 Å². The van der Waals surface area contributed by atoms with Crippen LogP contribution in [0.25, 0.3) is 0 Å². The Bertz CT molecular complexity index is 660. The lowest BCUT2D eigenvalue weighted by Crippen LogP contribution is -2.23. The summed E-state index contributed by atoms with van der Waals surface area (Å²) in [4.78, 5) is 12.1. The number of carbonyl (C=O) groups excluding carboxylic acids is 1. The lowest BCUT2D eigenvalue weighted by Gasteiger charge is -2.16. The molecule has 6 nitrogen and oxygen atoms in total. The molecule has 0 bridgehead atoms. The molecule has 0 aliphatic carbocycles. The van der Waals surface area contributed by atoms with Crippen LogP contribution in [0.2, 0.25) is 0 Å². The van der Waals surface area contributed by atoms with E-state index in [0.717, 1.165) is 5.69 Å². The quantitative estimate of drug-likeness (QED) is 0.349. The topological polar surface area (TPSA) is 66.0 Å². The van der Waals surface area contributed by atoms with Crippen LogP contribution in [0, 0.1) is 0 Å². The van der Waals surface area contributed by atoms with Gasteiger partial charge in [0, 0.05) is 18.8 Å². The van der Waals surface area contributed by atoms with E-state index in [2.05, 4.69) is 5.32 Å². The monoisotopic (exact) mass is 373 g/mol. The zero-order chi connectivity index (χ0) is 19.3. The Morgan fingerprint density at radius 2 is 1.59 bits per heavy atom. The first-order valence-electron chi connectivity index (χ1n) is 8.97. The maximum Gasteiger partial charge on any atom is 0.343 e. The third-order valence-corrected chi connectivity index (χ3v) is 3.66. The van der Waals surface area contributed by atoms with Gasteiger partial charge in [-0.05, 0) is 43.3 Å². The molecule has 2 aromatic rings. The van der Waals surface area contributed by atoms with Crippen molar-refractivity contribution >= 4 is 11.7 Å². The number of anilines is 1. The van der Waals surface area contributed by atoms with Crippen LogP contribution in [0.4, 0.5) is 5.69 Å². The summed E-state index contributed by atoms with van der Waals surface area (Å²) >= 11 is 0. The molecule has 1 atom stereocenters. The van der Waals surface area contributed by atoms with Crippen LogP contribution in [0.15, 0.2) is 54.6 Å². The molecule has 0 saturated carbocycles. The molecule has 0 amide bonds. The second-order valence-electron chi connectivity index (χ2n) is 6.01. The van der Waals surface area contributed by atoms with Gasteiger partial charge in [-0.2, -0.15) is 0 Å². The molecule has 0 aliphatic rings. The fraction of sp³-hybridized carbons (Fsp3) is 0.381. The van der Waals surface area contributed by atoms with E-state index in [1.807, 2.05) is 37.3 Å². The second-order valence-corrected chi connectivity index (χ2v) is 6.01. The van der Waals surface area contributed by atoms with Crippen LogP contribution in [-0.2, 0) is 14.2 Å². The number of carbonyl (C=O) groups is 1. The average molecular weight is 373 g/mol. The van der Waals surface area contributed by atoms with E-state index < -0.39 is 0 Å². The van der Waals surface area contributed by atoms with E-state index in [0.29, 0.717) is 44.3 Å². The van der Waals surface area contributed by atoms with Gasteiger partial charge in [0.2, 0.25) is 0 Å². The largest absolute Gasteiger partial charge is 0.423 e. The van der Waals surface area contributed by atoms with Crippen molar-refractivity contribution in [2.24, 2.45) is 0 Å². The molecule has 0 spiro atoms. The lowest BCUT2D eigenvalue weighted by atomic mass is 10.2. The normalized spacial score (nSPS) is 11.8. The summed E-state index contributed by atoms with van der Waals surface area (Å²) in [7, 11) is 1.64. The molecular weight excluding hydrogens is 346 g/mol. The van der Waals surface area contributed by atoms with Gasteiger partial charge in [0.25, 0.3) is 0 Å². The Morgan fingerprint density at radius 1 is 0.926 bits per heavy atom. The van der Waals surface area contributed by atoms with Crippen molar-refractivity contribution < 1.29 is 23.7 Å². The summed E-state index contributed by atoms with van der Waals surface area (Å²) in [5.41, 5.74) is 1.42. The number of rotatable bonds is 12. The van der Waals surface area contributed by atoms with E-state index in [1.54, 1.807) is 31.4 Å². The molecule has 0 heterocycles. The van der Waals surface area contributed by atoms with E-state index >= 15 is 0 Å². The smallest absolute Gasteiger partial charge is 0.343 e. The van der Waals surface area contributed by atoms with Crippen molar-refractivity contribution in [2.45, 2.75) is 13.0 Å². The number of hydrogen-bond donors (Lipinski definition) is 1. The van der Waals surface area contributed by atoms with E-state index in [9.17, 15) is 4.79 Å². The number of nitrogens with one attached hydrogen (secondary N) is 1. The molecule has 0 aliphatic heterocycles. The molecule has 0 fully saturated rings. The summed E-state index contributed by atoms with van der Waals surface area (Å²) in [6.07, 6.45) is 0. The van der Waals surface area contributed by atoms with Gasteiger partial charge in [-0.3, -0.25) is 0 Å². The summed E-state index contributed by atoms with van der Waals surface area (Å²) in [5, 5.41) is 3.33. The van der Waals surface area contributed by atoms with E-state index in [1.165, 1.54) is 0 Å². The molecule has 27 heavy (non-hydrogen) atoms. The highest BCUT2D eigenvalue weighted by atomic mass is 16.5. The molecule has 2 rings (SSSR count). The van der Waals surface area contributed by atoms with E-state index in [-0.39, 0.29) is 12.0 Å². The Kier molecular flexibility index (Phi) is 9.34. The van der Waals surface area contributed by atoms with Gasteiger partial charge in [-0.25, -0.2) is 4.79 Å². The maximum atomic E-state index is 12.1. The number of ether oxygens (including phenoxy) is 4. The van der Waals surface area contributed by atoms with Crippen LogP contribution in [0.1, 0.15) is 17.3 Å². The summed E-state index contributed by atoms with van der Waals surface area (Å²) in [5.74, 6) is 0.152. The zero-order valence-corrected chi connectivity index (χ0v) is 15.9. The summed E-state index contributed by atoms with van der Waals surface area (Å²) in [6.45, 7) is 4.85.